The van der Waals surface area contributed by atoms with Crippen LogP contribution in [0, 0.1) is 6.92 Å². The van der Waals surface area contributed by atoms with Gasteiger partial charge in [0, 0.05) is 29.7 Å². The fourth-order valence-electron chi connectivity index (χ4n) is 2.73. The second-order valence-corrected chi connectivity index (χ2v) is 6.90. The summed E-state index contributed by atoms with van der Waals surface area (Å²) >= 11 is 0. The van der Waals surface area contributed by atoms with Gasteiger partial charge in [0.25, 0.3) is 11.8 Å². The third-order valence-electron chi connectivity index (χ3n) is 4.21. The van der Waals surface area contributed by atoms with E-state index in [1.54, 1.807) is 43.3 Å². The number of amides is 4. The van der Waals surface area contributed by atoms with Crippen LogP contribution in [0.5, 0.6) is 11.5 Å². The lowest BCUT2D eigenvalue weighted by molar-refractivity contribution is -0.117. The molecule has 0 aliphatic carbocycles. The van der Waals surface area contributed by atoms with E-state index >= 15 is 0 Å². The number of ether oxygens (including phenoxy) is 1. The van der Waals surface area contributed by atoms with Crippen molar-refractivity contribution in [2.45, 2.75) is 13.8 Å². The summed E-state index contributed by atoms with van der Waals surface area (Å²) in [5.41, 5.74) is 6.91. The Morgan fingerprint density at radius 3 is 2.36 bits per heavy atom. The van der Waals surface area contributed by atoms with Crippen LogP contribution in [-0.4, -0.2) is 22.8 Å². The van der Waals surface area contributed by atoms with E-state index in [0.29, 0.717) is 22.9 Å². The van der Waals surface area contributed by atoms with E-state index in [0.717, 1.165) is 5.56 Å². The molecule has 0 fully saturated rings. The summed E-state index contributed by atoms with van der Waals surface area (Å²) in [7, 11) is 0. The molecule has 0 atom stereocenters. The van der Waals surface area contributed by atoms with Crippen LogP contribution in [0.3, 0.4) is 0 Å². The first kappa shape index (κ1) is 23.0. The predicted octanol–water partition coefficient (Wildman–Crippen LogP) is 4.16. The number of hydrogen-bond donors (Lipinski definition) is 4. The van der Waals surface area contributed by atoms with E-state index < -0.39 is 11.8 Å². The van der Waals surface area contributed by atoms with Gasteiger partial charge in [-0.2, -0.15) is 0 Å². The van der Waals surface area contributed by atoms with E-state index in [1.165, 1.54) is 18.3 Å². The Bertz CT molecular complexity index is 1180. The molecule has 0 bridgehead atoms. The zero-order valence-electron chi connectivity index (χ0n) is 18.1. The van der Waals surface area contributed by atoms with Gasteiger partial charge in [-0.05, 0) is 61.9 Å². The molecule has 4 amide bonds. The highest BCUT2D eigenvalue weighted by atomic mass is 16.5. The Hall–Kier alpha value is -4.66. The predicted molar refractivity (Wildman–Crippen MR) is 125 cm³/mol. The lowest BCUT2D eigenvalue weighted by Gasteiger charge is -2.10. The number of aryl methyl sites for hydroxylation is 1. The fraction of sp³-hybridized carbons (Fsp3) is 0.0833. The molecule has 1 aromatic heterocycles. The minimum Gasteiger partial charge on any atom is -0.457 e. The topological polar surface area (TPSA) is 121 Å². The minimum atomic E-state index is -0.586. The molecule has 33 heavy (non-hydrogen) atoms. The Labute approximate surface area is 190 Å². The number of pyridine rings is 1. The van der Waals surface area contributed by atoms with Gasteiger partial charge in [0.15, 0.2) is 0 Å². The monoisotopic (exact) mass is 445 g/mol. The molecule has 0 unspecified atom stereocenters. The maximum Gasteiger partial charge on any atom is 0.323 e. The molecule has 3 aromatic rings. The Morgan fingerprint density at radius 2 is 1.64 bits per heavy atom. The van der Waals surface area contributed by atoms with Crippen molar-refractivity contribution in [1.82, 2.24) is 15.8 Å². The SMILES string of the molecule is C/C=C/C(=O)NNC(=O)c1cc(Oc2ccc(NC(=O)Nc3cccc(C)c3)cc2)ccn1. The van der Waals surface area contributed by atoms with Crippen molar-refractivity contribution in [3.05, 3.63) is 90.3 Å². The van der Waals surface area contributed by atoms with Crippen LogP contribution in [0.1, 0.15) is 23.0 Å². The third-order valence-corrected chi connectivity index (χ3v) is 4.21. The number of benzene rings is 2. The van der Waals surface area contributed by atoms with Gasteiger partial charge >= 0.3 is 6.03 Å². The van der Waals surface area contributed by atoms with Crippen LogP contribution in [0.4, 0.5) is 16.2 Å². The first-order valence-corrected chi connectivity index (χ1v) is 10.0. The van der Waals surface area contributed by atoms with E-state index in [-0.39, 0.29) is 11.7 Å². The van der Waals surface area contributed by atoms with Gasteiger partial charge < -0.3 is 15.4 Å². The summed E-state index contributed by atoms with van der Waals surface area (Å²) in [6.07, 6.45) is 4.24. The first-order valence-electron chi connectivity index (χ1n) is 10.0. The molecule has 0 spiro atoms. The molecule has 0 saturated heterocycles. The summed E-state index contributed by atoms with van der Waals surface area (Å²) in [4.78, 5) is 39.7. The highest BCUT2D eigenvalue weighted by molar-refractivity contribution is 5.99. The van der Waals surface area contributed by atoms with Gasteiger partial charge in [0.2, 0.25) is 0 Å². The van der Waals surface area contributed by atoms with Crippen molar-refractivity contribution >= 4 is 29.2 Å². The normalized spacial score (nSPS) is 10.4. The van der Waals surface area contributed by atoms with Crippen LogP contribution in [0.15, 0.2) is 79.0 Å². The molecular formula is C24H23N5O4. The zero-order chi connectivity index (χ0) is 23.6. The number of rotatable bonds is 6. The van der Waals surface area contributed by atoms with Crippen molar-refractivity contribution in [2.75, 3.05) is 10.6 Å². The van der Waals surface area contributed by atoms with Crippen LogP contribution in [0.25, 0.3) is 0 Å². The fourth-order valence-corrected chi connectivity index (χ4v) is 2.73. The van der Waals surface area contributed by atoms with Crippen LogP contribution < -0.4 is 26.2 Å². The van der Waals surface area contributed by atoms with Gasteiger partial charge in [-0.25, -0.2) is 4.79 Å². The van der Waals surface area contributed by atoms with E-state index in [1.807, 2.05) is 31.2 Å². The highest BCUT2D eigenvalue weighted by Gasteiger charge is 2.10. The van der Waals surface area contributed by atoms with Crippen molar-refractivity contribution in [1.29, 1.82) is 0 Å². The molecule has 3 rings (SSSR count). The number of nitrogens with zero attached hydrogens (tertiary/aromatic N) is 1. The van der Waals surface area contributed by atoms with Gasteiger partial charge in [-0.1, -0.05) is 18.2 Å². The molecular weight excluding hydrogens is 422 g/mol. The molecule has 9 heteroatoms. The summed E-state index contributed by atoms with van der Waals surface area (Å²) < 4.78 is 5.76. The number of allylic oxidation sites excluding steroid dienone is 1. The molecule has 0 radical (unpaired) electrons. The summed E-state index contributed by atoms with van der Waals surface area (Å²) in [5, 5.41) is 5.52. The van der Waals surface area contributed by atoms with Gasteiger partial charge in [0.1, 0.15) is 17.2 Å². The summed E-state index contributed by atoms with van der Waals surface area (Å²) in [6, 6.07) is 16.9. The van der Waals surface area contributed by atoms with E-state index in [4.69, 9.17) is 4.74 Å². The first-order chi connectivity index (χ1) is 15.9. The molecule has 0 aliphatic rings. The number of hydrazine groups is 1. The van der Waals surface area contributed by atoms with Crippen LogP contribution in [0.2, 0.25) is 0 Å². The second kappa shape index (κ2) is 11.1. The number of hydrogen-bond acceptors (Lipinski definition) is 5. The van der Waals surface area contributed by atoms with Crippen molar-refractivity contribution < 1.29 is 19.1 Å². The zero-order valence-corrected chi connectivity index (χ0v) is 18.1. The molecule has 0 saturated carbocycles. The van der Waals surface area contributed by atoms with Gasteiger partial charge in [-0.3, -0.25) is 25.4 Å². The lowest BCUT2D eigenvalue weighted by Crippen LogP contribution is -2.41. The van der Waals surface area contributed by atoms with E-state index in [2.05, 4.69) is 26.5 Å². The highest BCUT2D eigenvalue weighted by Crippen LogP contribution is 2.23. The number of carbonyl (C=O) groups is 3. The van der Waals surface area contributed by atoms with Gasteiger partial charge in [-0.15, -0.1) is 0 Å². The van der Waals surface area contributed by atoms with Crippen molar-refractivity contribution in [3.63, 3.8) is 0 Å². The summed E-state index contributed by atoms with van der Waals surface area (Å²) in [5.74, 6) is -0.164. The molecule has 4 N–H and O–H groups in total. The number of carbonyl (C=O) groups excluding carboxylic acids is 3. The average Bonchev–Trinajstić information content (AvgIpc) is 2.79. The largest absolute Gasteiger partial charge is 0.457 e. The number of aromatic nitrogens is 1. The van der Waals surface area contributed by atoms with Crippen molar-refractivity contribution in [3.8, 4) is 11.5 Å². The van der Waals surface area contributed by atoms with Gasteiger partial charge in [0.05, 0.1) is 0 Å². The Kier molecular flexibility index (Phi) is 7.74. The number of urea groups is 1. The number of anilines is 2. The molecule has 9 nitrogen and oxygen atoms in total. The molecule has 1 heterocycles. The van der Waals surface area contributed by atoms with Crippen molar-refractivity contribution in [2.24, 2.45) is 0 Å². The average molecular weight is 445 g/mol. The summed E-state index contributed by atoms with van der Waals surface area (Å²) in [6.45, 7) is 3.63. The standard InChI is InChI=1S/C24H23N5O4/c1-3-5-22(30)28-29-23(31)21-15-20(12-13-25-21)33-19-10-8-17(9-11-19)26-24(32)27-18-7-4-6-16(2)14-18/h3-15H,1-2H3,(H,28,30)(H,29,31)(H2,26,27,32)/b5-3+. The second-order valence-electron chi connectivity index (χ2n) is 6.90. The molecule has 2 aromatic carbocycles. The van der Waals surface area contributed by atoms with E-state index in [9.17, 15) is 14.4 Å². The Morgan fingerprint density at radius 1 is 0.879 bits per heavy atom. The lowest BCUT2D eigenvalue weighted by atomic mass is 10.2. The van der Waals surface area contributed by atoms with Crippen LogP contribution >= 0.6 is 0 Å². The maximum atomic E-state index is 12.2. The molecule has 0 aliphatic heterocycles. The number of nitrogens with one attached hydrogen (secondary N) is 4. The smallest absolute Gasteiger partial charge is 0.323 e. The molecule has 168 valence electrons. The Balaban J connectivity index is 1.56. The minimum absolute atomic E-state index is 0.0689. The van der Waals surface area contributed by atoms with Crippen LogP contribution in [-0.2, 0) is 4.79 Å². The maximum absolute atomic E-state index is 12.2. The third kappa shape index (κ3) is 7.21. The quantitative estimate of drug-likeness (QED) is 0.335.